The van der Waals surface area contributed by atoms with Gasteiger partial charge < -0.3 is 5.32 Å². The number of anilines is 1. The Kier molecular flexibility index (Phi) is 5.51. The van der Waals surface area contributed by atoms with E-state index < -0.39 is 43.4 Å². The molecule has 0 aromatic heterocycles. The summed E-state index contributed by atoms with van der Waals surface area (Å²) in [5, 5.41) is 14.5. The first kappa shape index (κ1) is 22.7. The molecule has 13 heteroatoms. The second-order valence-electron chi connectivity index (χ2n) is 6.11. The summed E-state index contributed by atoms with van der Waals surface area (Å²) in [6, 6.07) is 0.607. The highest BCUT2D eigenvalue weighted by atomic mass is 32.3. The van der Waals surface area contributed by atoms with E-state index in [9.17, 15) is 45.6 Å². The van der Waals surface area contributed by atoms with Crippen LogP contribution in [0.15, 0.2) is 35.1 Å². The predicted octanol–water partition coefficient (Wildman–Crippen LogP) is 6.16. The molecule has 0 spiro atoms. The summed E-state index contributed by atoms with van der Waals surface area (Å²) in [5.74, 6) is 0. The van der Waals surface area contributed by atoms with E-state index in [1.165, 1.54) is 12.2 Å². The molecule has 0 unspecified atom stereocenters. The van der Waals surface area contributed by atoms with Crippen LogP contribution in [0.4, 0.5) is 41.2 Å². The van der Waals surface area contributed by atoms with Crippen molar-refractivity contribution in [3.05, 3.63) is 61.9 Å². The number of hydrogen-bond donors (Lipinski definition) is 1. The monoisotopic (exact) mass is 446 g/mol. The molecule has 0 aliphatic carbocycles. The molecule has 1 aromatic carbocycles. The molecule has 1 heterocycles. The zero-order valence-corrected chi connectivity index (χ0v) is 15.5. The zero-order valence-electron chi connectivity index (χ0n) is 14.7. The Hall–Kier alpha value is -2.57. The van der Waals surface area contributed by atoms with E-state index in [2.05, 4.69) is 5.32 Å². The average molecular weight is 446 g/mol. The third kappa shape index (κ3) is 3.58. The van der Waals surface area contributed by atoms with E-state index in [4.69, 9.17) is 0 Å². The van der Waals surface area contributed by atoms with Crippen LogP contribution in [0.2, 0.25) is 0 Å². The average Bonchev–Trinajstić information content (AvgIpc) is 3.06. The number of nitrogens with zero attached hydrogens (tertiary/aromatic N) is 1. The fourth-order valence-electron chi connectivity index (χ4n) is 2.70. The van der Waals surface area contributed by atoms with Crippen molar-refractivity contribution in [3.8, 4) is 0 Å². The smallest absolute Gasteiger partial charge is 0.312 e. The van der Waals surface area contributed by atoms with Crippen LogP contribution >= 0.6 is 10.2 Å². The second-order valence-corrected chi connectivity index (χ2v) is 8.67. The maximum atomic E-state index is 14.3. The normalized spacial score (nSPS) is 17.3. The molecule has 1 aromatic rings. The van der Waals surface area contributed by atoms with Crippen LogP contribution < -0.4 is 5.32 Å². The van der Waals surface area contributed by atoms with Gasteiger partial charge in [0.25, 0.3) is 0 Å². The fraction of sp³-hybridized carbons (Fsp3) is 0.312. The van der Waals surface area contributed by atoms with Crippen molar-refractivity contribution in [2.45, 2.75) is 31.9 Å². The van der Waals surface area contributed by atoms with Gasteiger partial charge in [-0.25, -0.2) is 4.39 Å². The summed E-state index contributed by atoms with van der Waals surface area (Å²) >= 11 is 0. The summed E-state index contributed by atoms with van der Waals surface area (Å²) < 4.78 is 91.1. The molecule has 1 aliphatic rings. The standard InChI is InChI=1S/C16H13F7N2O3S/c1-9-7-11(14(17,15(18,19)20)16(21,22)23)8-10(2)12(9)24-13(26)29(25(27)28)5-3-4-6-29/h3-8H,1-2H3,(H,24,26). The number of rotatable bonds is 3. The number of nitro groups is 1. The van der Waals surface area contributed by atoms with Gasteiger partial charge in [0.2, 0.25) is 0 Å². The van der Waals surface area contributed by atoms with E-state index in [0.717, 1.165) is 24.7 Å². The number of halogens is 7. The van der Waals surface area contributed by atoms with E-state index in [0.29, 0.717) is 12.1 Å². The summed E-state index contributed by atoms with van der Waals surface area (Å²) in [4.78, 5) is 23.7. The molecular weight excluding hydrogens is 433 g/mol. The number of benzene rings is 1. The number of nitrogens with one attached hydrogen (secondary N) is 1. The van der Waals surface area contributed by atoms with Gasteiger partial charge in [-0.05, 0) is 25.0 Å². The van der Waals surface area contributed by atoms with Crippen molar-refractivity contribution in [1.82, 2.24) is 0 Å². The van der Waals surface area contributed by atoms with Crippen molar-refractivity contribution in [2.75, 3.05) is 5.32 Å². The first-order valence-electron chi connectivity index (χ1n) is 7.65. The van der Waals surface area contributed by atoms with Crippen molar-refractivity contribution in [1.29, 1.82) is 0 Å². The molecular formula is C16H13F7N2O3S. The summed E-state index contributed by atoms with van der Waals surface area (Å²) in [6.07, 6.45) is -10.0. The van der Waals surface area contributed by atoms with Gasteiger partial charge in [-0.3, -0.25) is 14.9 Å². The lowest BCUT2D eigenvalue weighted by molar-refractivity contribution is -0.348. The summed E-state index contributed by atoms with van der Waals surface area (Å²) in [5.41, 5.74) is -8.22. The van der Waals surface area contributed by atoms with Gasteiger partial charge in [-0.15, -0.1) is 0 Å². The minimum Gasteiger partial charge on any atom is -0.312 e. The highest BCUT2D eigenvalue weighted by molar-refractivity contribution is 8.45. The zero-order chi connectivity index (χ0) is 22.4. The first-order chi connectivity index (χ1) is 13.1. The van der Waals surface area contributed by atoms with E-state index in [1.54, 1.807) is 0 Å². The molecule has 0 saturated carbocycles. The number of aryl methyl sites for hydroxylation is 2. The Bertz CT molecular complexity index is 873. The molecule has 0 fully saturated rings. The van der Waals surface area contributed by atoms with E-state index >= 15 is 0 Å². The van der Waals surface area contributed by atoms with Crippen molar-refractivity contribution >= 4 is 21.1 Å². The lowest BCUT2D eigenvalue weighted by atomic mass is 9.90. The highest BCUT2D eigenvalue weighted by Gasteiger charge is 2.73. The van der Waals surface area contributed by atoms with Crippen LogP contribution in [0.25, 0.3) is 0 Å². The Balaban J connectivity index is 2.53. The molecule has 0 saturated heterocycles. The number of hydrogen-bond acceptors (Lipinski definition) is 3. The number of allylic oxidation sites excluding steroid dienone is 2. The molecule has 0 radical (unpaired) electrons. The largest absolute Gasteiger partial charge is 0.435 e. The van der Waals surface area contributed by atoms with Gasteiger partial charge in [0.1, 0.15) is 10.2 Å². The topological polar surface area (TPSA) is 72.2 Å². The van der Waals surface area contributed by atoms with Crippen molar-refractivity contribution < 1.29 is 39.9 Å². The van der Waals surface area contributed by atoms with Gasteiger partial charge >= 0.3 is 23.3 Å². The third-order valence-corrected chi connectivity index (χ3v) is 6.50. The first-order valence-corrected chi connectivity index (χ1v) is 9.37. The van der Waals surface area contributed by atoms with Crippen LogP contribution in [0.3, 0.4) is 0 Å². The second kappa shape index (κ2) is 7.04. The minimum atomic E-state index is -6.28. The van der Waals surface area contributed by atoms with Crippen molar-refractivity contribution in [3.63, 3.8) is 0 Å². The molecule has 0 atom stereocenters. The van der Waals surface area contributed by atoms with Gasteiger partial charge in [0.15, 0.2) is 0 Å². The fourth-order valence-corrected chi connectivity index (χ4v) is 4.30. The Labute approximate surface area is 160 Å². The van der Waals surface area contributed by atoms with Crippen LogP contribution in [-0.4, -0.2) is 21.9 Å². The summed E-state index contributed by atoms with van der Waals surface area (Å²) in [7, 11) is -3.30. The lowest BCUT2D eigenvalue weighted by Crippen LogP contribution is -2.50. The molecule has 0 bridgehead atoms. The van der Waals surface area contributed by atoms with Crippen LogP contribution in [0.5, 0.6) is 0 Å². The van der Waals surface area contributed by atoms with Gasteiger partial charge in [0.05, 0.1) is 4.33 Å². The maximum Gasteiger partial charge on any atom is 0.435 e. The Morgan fingerprint density at radius 2 is 1.38 bits per heavy atom. The lowest BCUT2D eigenvalue weighted by Gasteiger charge is -2.31. The Morgan fingerprint density at radius 3 is 1.72 bits per heavy atom. The molecule has 2 rings (SSSR count). The van der Waals surface area contributed by atoms with E-state index in [-0.39, 0.29) is 16.8 Å². The highest BCUT2D eigenvalue weighted by Crippen LogP contribution is 2.56. The molecule has 29 heavy (non-hydrogen) atoms. The number of carbonyl (C=O) groups is 1. The molecule has 1 N–H and O–H groups in total. The molecule has 5 nitrogen and oxygen atoms in total. The number of amides is 1. The minimum absolute atomic E-state index is 0.243. The maximum absolute atomic E-state index is 14.3. The number of carbonyl (C=O) groups excluding carboxylic acids is 1. The van der Waals surface area contributed by atoms with E-state index in [1.807, 2.05) is 0 Å². The van der Waals surface area contributed by atoms with Gasteiger partial charge in [-0.1, -0.05) is 24.3 Å². The molecule has 160 valence electrons. The van der Waals surface area contributed by atoms with Crippen LogP contribution in [0, 0.1) is 24.0 Å². The third-order valence-electron chi connectivity index (χ3n) is 4.17. The quantitative estimate of drug-likeness (QED) is 0.343. The van der Waals surface area contributed by atoms with Crippen molar-refractivity contribution in [2.24, 2.45) is 0 Å². The summed E-state index contributed by atoms with van der Waals surface area (Å²) in [6.45, 7) is 2.10. The van der Waals surface area contributed by atoms with Crippen LogP contribution in [0.1, 0.15) is 16.7 Å². The predicted molar refractivity (Wildman–Crippen MR) is 92.7 cm³/mol. The molecule has 1 aliphatic heterocycles. The van der Waals surface area contributed by atoms with Gasteiger partial charge in [-0.2, -0.15) is 26.3 Å². The molecule has 1 amide bonds. The SMILES string of the molecule is Cc1cc(C(F)(C(F)(F)F)C(F)(F)F)cc(C)c1NC(=O)S1([N+](=O)[O-])C=CC=C1. The number of alkyl halides is 7. The Morgan fingerprint density at radius 1 is 0.966 bits per heavy atom. The van der Waals surface area contributed by atoms with Gasteiger partial charge in [0, 0.05) is 22.1 Å². The van der Waals surface area contributed by atoms with Crippen LogP contribution in [-0.2, 0) is 5.67 Å².